The summed E-state index contributed by atoms with van der Waals surface area (Å²) in [5.74, 6) is -2.51. The van der Waals surface area contributed by atoms with Crippen LogP contribution in [0, 0.1) is 17.8 Å². The molecule has 0 bridgehead atoms. The highest BCUT2D eigenvalue weighted by Crippen LogP contribution is 2.16. The average Bonchev–Trinajstić information content (AvgIpc) is 2.70. The molecule has 8 heteroatoms. The van der Waals surface area contributed by atoms with Crippen molar-refractivity contribution in [3.63, 3.8) is 0 Å². The van der Waals surface area contributed by atoms with Crippen molar-refractivity contribution >= 4 is 24.3 Å². The third-order valence-corrected chi connectivity index (χ3v) is 5.05. The van der Waals surface area contributed by atoms with Gasteiger partial charge in [-0.1, -0.05) is 61.0 Å². The van der Waals surface area contributed by atoms with Crippen LogP contribution in [-0.2, 0) is 28.7 Å². The molecule has 2 amide bonds. The normalized spacial score (nSPS) is 15.9. The Hall–Kier alpha value is -2.38. The van der Waals surface area contributed by atoms with Gasteiger partial charge in [-0.15, -0.1) is 0 Å². The molecule has 5 atom stereocenters. The third-order valence-electron chi connectivity index (χ3n) is 5.05. The highest BCUT2D eigenvalue weighted by atomic mass is 16.6. The van der Waals surface area contributed by atoms with Gasteiger partial charge in [0.1, 0.15) is 18.7 Å². The van der Waals surface area contributed by atoms with Gasteiger partial charge in [0, 0.05) is 0 Å². The molecule has 172 valence electrons. The van der Waals surface area contributed by atoms with Gasteiger partial charge in [-0.05, 0) is 30.3 Å². The molecule has 0 aliphatic rings. The monoisotopic (exact) mass is 426 g/mol. The number of rotatable bonds is 14. The molecule has 0 heterocycles. The molecule has 0 radical (unpaired) electrons. The van der Waals surface area contributed by atoms with E-state index in [0.29, 0.717) is 24.8 Å². The summed E-state index contributed by atoms with van der Waals surface area (Å²) in [5, 5.41) is 5.14. The maximum absolute atomic E-state index is 12.9. The molecule has 0 spiro atoms. The maximum atomic E-state index is 12.9. The fourth-order valence-corrected chi connectivity index (χ4v) is 2.65. The van der Waals surface area contributed by atoms with Gasteiger partial charge in [0.25, 0.3) is 5.91 Å². The van der Waals surface area contributed by atoms with E-state index in [1.165, 1.54) is 0 Å². The van der Waals surface area contributed by atoms with Crippen molar-refractivity contribution in [1.82, 2.24) is 10.6 Å². The van der Waals surface area contributed by atoms with Crippen molar-refractivity contribution in [2.45, 2.75) is 79.5 Å². The lowest BCUT2D eigenvalue weighted by atomic mass is 9.97. The molecule has 0 aliphatic heterocycles. The van der Waals surface area contributed by atoms with E-state index in [2.05, 4.69) is 17.2 Å². The highest BCUT2D eigenvalue weighted by molar-refractivity contribution is 5.89. The van der Waals surface area contributed by atoms with E-state index in [1.54, 1.807) is 20.8 Å². The van der Waals surface area contributed by atoms with Crippen LogP contribution in [0.5, 0.6) is 0 Å². The number of ether oxygens (including phenoxy) is 2. The summed E-state index contributed by atoms with van der Waals surface area (Å²) in [5.41, 5.74) is 0.685. The lowest BCUT2D eigenvalue weighted by Crippen LogP contribution is -2.53. The number of carbonyl (C=O) groups excluding carboxylic acids is 4. The second kappa shape index (κ2) is 13.8. The fourth-order valence-electron chi connectivity index (χ4n) is 2.65. The molecular formula is C22H38N2O6. The molecule has 0 fully saturated rings. The number of nitrogens with one attached hydrogen (secondary N) is 2. The minimum atomic E-state index is -1.11. The number of hydrogen-bond acceptors (Lipinski definition) is 6. The Morgan fingerprint density at radius 3 is 1.93 bits per heavy atom. The van der Waals surface area contributed by atoms with Gasteiger partial charge in [-0.3, -0.25) is 9.59 Å². The average molecular weight is 427 g/mol. The standard InChI is InChI=1S/C22H38N2O6/c1-9-15(7)17(23-12-25)22(28)30-19(14(5)6)20(26)24-18(16(8)10-2)21(27)29-11-13(3)4/h12,14-19H,3,9-11H2,1-2,4-8H3,(H,23,25)(H,24,26)/t15-,16-,17-,18+,19-/m0/s1. The zero-order valence-electron chi connectivity index (χ0n) is 19.3. The first-order valence-corrected chi connectivity index (χ1v) is 10.5. The predicted octanol–water partition coefficient (Wildman–Crippen LogP) is 2.37. The van der Waals surface area contributed by atoms with E-state index in [-0.39, 0.29) is 24.4 Å². The van der Waals surface area contributed by atoms with Gasteiger partial charge in [0.2, 0.25) is 6.41 Å². The van der Waals surface area contributed by atoms with E-state index in [4.69, 9.17) is 9.47 Å². The lowest BCUT2D eigenvalue weighted by molar-refractivity contribution is -0.163. The predicted molar refractivity (Wildman–Crippen MR) is 114 cm³/mol. The van der Waals surface area contributed by atoms with Crippen molar-refractivity contribution in [2.75, 3.05) is 6.61 Å². The molecule has 0 aromatic heterocycles. The van der Waals surface area contributed by atoms with Crippen LogP contribution in [0.2, 0.25) is 0 Å². The number of carbonyl (C=O) groups is 4. The van der Waals surface area contributed by atoms with Gasteiger partial charge in [-0.2, -0.15) is 0 Å². The summed E-state index contributed by atoms with van der Waals surface area (Å²) in [6.45, 7) is 16.4. The zero-order chi connectivity index (χ0) is 23.4. The summed E-state index contributed by atoms with van der Waals surface area (Å²) in [4.78, 5) is 48.9. The van der Waals surface area contributed by atoms with E-state index in [0.717, 1.165) is 0 Å². The molecule has 0 saturated heterocycles. The molecule has 0 rings (SSSR count). The Balaban J connectivity index is 5.43. The van der Waals surface area contributed by atoms with Gasteiger partial charge in [0.15, 0.2) is 6.10 Å². The molecule has 30 heavy (non-hydrogen) atoms. The third kappa shape index (κ3) is 8.97. The Kier molecular flexibility index (Phi) is 12.7. The van der Waals surface area contributed by atoms with E-state index in [9.17, 15) is 19.2 Å². The smallest absolute Gasteiger partial charge is 0.329 e. The first-order chi connectivity index (χ1) is 14.0. The highest BCUT2D eigenvalue weighted by Gasteiger charge is 2.35. The topological polar surface area (TPSA) is 111 Å². The van der Waals surface area contributed by atoms with Crippen molar-refractivity contribution in [1.29, 1.82) is 0 Å². The SMILES string of the molecule is C=C(C)COC(=O)[C@H](NC(=O)[C@@H](OC(=O)[C@@H](NC=O)[C@@H](C)CC)C(C)C)[C@@H](C)CC. The molecule has 2 N–H and O–H groups in total. The first-order valence-electron chi connectivity index (χ1n) is 10.5. The summed E-state index contributed by atoms with van der Waals surface area (Å²) in [6, 6.07) is -1.73. The molecule has 0 aromatic carbocycles. The lowest BCUT2D eigenvalue weighted by Gasteiger charge is -2.28. The van der Waals surface area contributed by atoms with Crippen LogP contribution < -0.4 is 10.6 Å². The molecule has 8 nitrogen and oxygen atoms in total. The van der Waals surface area contributed by atoms with Gasteiger partial charge < -0.3 is 20.1 Å². The molecule has 0 aromatic rings. The molecular weight excluding hydrogens is 388 g/mol. The quantitative estimate of drug-likeness (QED) is 0.251. The second-order valence-corrected chi connectivity index (χ2v) is 8.19. The largest absolute Gasteiger partial charge is 0.460 e. The van der Waals surface area contributed by atoms with Crippen molar-refractivity contribution in [3.05, 3.63) is 12.2 Å². The van der Waals surface area contributed by atoms with Crippen LogP contribution in [0.4, 0.5) is 0 Å². The zero-order valence-corrected chi connectivity index (χ0v) is 19.3. The van der Waals surface area contributed by atoms with E-state index >= 15 is 0 Å². The van der Waals surface area contributed by atoms with Gasteiger partial charge in [-0.25, -0.2) is 9.59 Å². The van der Waals surface area contributed by atoms with Crippen LogP contribution >= 0.6 is 0 Å². The molecule has 0 aliphatic carbocycles. The van der Waals surface area contributed by atoms with E-state index < -0.39 is 36.0 Å². The van der Waals surface area contributed by atoms with Gasteiger partial charge in [0.05, 0.1) is 0 Å². The van der Waals surface area contributed by atoms with Crippen molar-refractivity contribution in [2.24, 2.45) is 17.8 Å². The summed E-state index contributed by atoms with van der Waals surface area (Å²) >= 11 is 0. The van der Waals surface area contributed by atoms with Crippen molar-refractivity contribution < 1.29 is 28.7 Å². The minimum Gasteiger partial charge on any atom is -0.460 e. The van der Waals surface area contributed by atoms with Crippen LogP contribution in [0.25, 0.3) is 0 Å². The second-order valence-electron chi connectivity index (χ2n) is 8.19. The Labute approximate surface area is 180 Å². The molecule has 0 saturated carbocycles. The van der Waals surface area contributed by atoms with Crippen molar-refractivity contribution in [3.8, 4) is 0 Å². The molecule has 0 unspecified atom stereocenters. The Morgan fingerprint density at radius 2 is 1.50 bits per heavy atom. The fraction of sp³-hybridized carbons (Fsp3) is 0.727. The minimum absolute atomic E-state index is 0.0676. The maximum Gasteiger partial charge on any atom is 0.329 e. The summed E-state index contributed by atoms with van der Waals surface area (Å²) in [6.07, 6.45) is 0.611. The van der Waals surface area contributed by atoms with Crippen LogP contribution in [0.15, 0.2) is 12.2 Å². The van der Waals surface area contributed by atoms with Crippen LogP contribution in [-0.4, -0.2) is 49.1 Å². The van der Waals surface area contributed by atoms with E-state index in [1.807, 2.05) is 27.7 Å². The Morgan fingerprint density at radius 1 is 0.967 bits per heavy atom. The summed E-state index contributed by atoms with van der Waals surface area (Å²) in [7, 11) is 0. The number of amides is 2. The Bertz CT molecular complexity index is 604. The number of hydrogen-bond donors (Lipinski definition) is 2. The van der Waals surface area contributed by atoms with Crippen LogP contribution in [0.1, 0.15) is 61.3 Å². The van der Waals surface area contributed by atoms with Crippen LogP contribution in [0.3, 0.4) is 0 Å². The first kappa shape index (κ1) is 27.6. The number of esters is 2. The van der Waals surface area contributed by atoms with Gasteiger partial charge >= 0.3 is 11.9 Å². The summed E-state index contributed by atoms with van der Waals surface area (Å²) < 4.78 is 10.7.